The van der Waals surface area contributed by atoms with Gasteiger partial charge in [-0.2, -0.15) is 0 Å². The maximum absolute atomic E-state index is 10.5. The highest BCUT2D eigenvalue weighted by atomic mass is 35.5. The minimum absolute atomic E-state index is 0.348. The molecule has 6 nitrogen and oxygen atoms in total. The molecule has 0 aliphatic heterocycles. The van der Waals surface area contributed by atoms with Crippen molar-refractivity contribution in [1.29, 1.82) is 0 Å². The molecule has 0 amide bonds. The number of nitro groups is 1. The summed E-state index contributed by atoms with van der Waals surface area (Å²) < 4.78 is 0. The van der Waals surface area contributed by atoms with Crippen molar-refractivity contribution in [1.82, 2.24) is 0 Å². The lowest BCUT2D eigenvalue weighted by atomic mass is 10.2. The molecule has 0 fully saturated rings. The Labute approximate surface area is 96.2 Å². The van der Waals surface area contributed by atoms with Crippen LogP contribution in [0.1, 0.15) is 24.2 Å². The van der Waals surface area contributed by atoms with E-state index < -0.39 is 22.3 Å². The number of aromatic carboxylic acids is 1. The Bertz CT molecular complexity index is 419. The number of carboxylic acid groups (broad SMARTS) is 1. The van der Waals surface area contributed by atoms with Gasteiger partial charge in [-0.05, 0) is 6.07 Å². The lowest BCUT2D eigenvalue weighted by molar-refractivity contribution is -0.385. The number of nitrogens with zero attached hydrogens (tertiary/aromatic N) is 1. The van der Waals surface area contributed by atoms with E-state index in [0.29, 0.717) is 0 Å². The Morgan fingerprint density at radius 1 is 1.44 bits per heavy atom. The van der Waals surface area contributed by atoms with E-state index in [1.54, 1.807) is 0 Å². The Morgan fingerprint density at radius 3 is 2.31 bits per heavy atom. The monoisotopic (exact) mass is 247 g/mol. The van der Waals surface area contributed by atoms with Crippen LogP contribution in [0.3, 0.4) is 0 Å². The van der Waals surface area contributed by atoms with E-state index in [1.165, 1.54) is 0 Å². The van der Waals surface area contributed by atoms with Gasteiger partial charge in [-0.3, -0.25) is 10.1 Å². The van der Waals surface area contributed by atoms with Crippen molar-refractivity contribution in [3.63, 3.8) is 0 Å². The van der Waals surface area contributed by atoms with Gasteiger partial charge in [0, 0.05) is 6.07 Å². The van der Waals surface area contributed by atoms with Gasteiger partial charge in [0.05, 0.1) is 15.5 Å². The molecule has 16 heavy (non-hydrogen) atoms. The van der Waals surface area contributed by atoms with Crippen molar-refractivity contribution >= 4 is 23.3 Å². The Hall–Kier alpha value is -1.82. The van der Waals surface area contributed by atoms with Gasteiger partial charge in [0.15, 0.2) is 0 Å². The molecule has 88 valence electrons. The van der Waals surface area contributed by atoms with Crippen LogP contribution in [0, 0.1) is 10.1 Å². The number of phenolic OH excluding ortho intramolecular Hbond substituents is 1. The third kappa shape index (κ3) is 3.09. The lowest BCUT2D eigenvalue weighted by Crippen LogP contribution is -1.98. The number of carboxylic acids is 1. The minimum atomic E-state index is -1.35. The predicted molar refractivity (Wildman–Crippen MR) is 58.1 cm³/mol. The number of phenols is 1. The quantitative estimate of drug-likeness (QED) is 0.618. The summed E-state index contributed by atoms with van der Waals surface area (Å²) in [5, 5.41) is 27.6. The number of halogens is 1. The van der Waals surface area contributed by atoms with E-state index >= 15 is 0 Å². The first-order valence-corrected chi connectivity index (χ1v) is 4.71. The van der Waals surface area contributed by atoms with E-state index in [4.69, 9.17) is 21.8 Å². The summed E-state index contributed by atoms with van der Waals surface area (Å²) in [5.74, 6) is -2.09. The highest BCUT2D eigenvalue weighted by Crippen LogP contribution is 2.34. The summed E-state index contributed by atoms with van der Waals surface area (Å²) in [4.78, 5) is 19.9. The minimum Gasteiger partial charge on any atom is -0.501 e. The first-order chi connectivity index (χ1) is 7.43. The topological polar surface area (TPSA) is 101 Å². The van der Waals surface area contributed by atoms with Crippen molar-refractivity contribution in [3.8, 4) is 5.75 Å². The Balaban J connectivity index is 0.00000106. The smallest absolute Gasteiger partial charge is 0.335 e. The van der Waals surface area contributed by atoms with Gasteiger partial charge in [-0.25, -0.2) is 4.79 Å². The first kappa shape index (κ1) is 14.2. The highest BCUT2D eigenvalue weighted by Gasteiger charge is 2.20. The van der Waals surface area contributed by atoms with Crippen molar-refractivity contribution in [2.45, 2.75) is 13.8 Å². The van der Waals surface area contributed by atoms with Crippen molar-refractivity contribution in [3.05, 3.63) is 32.8 Å². The number of benzene rings is 1. The summed E-state index contributed by atoms with van der Waals surface area (Å²) in [7, 11) is 0. The third-order valence-electron chi connectivity index (χ3n) is 1.49. The van der Waals surface area contributed by atoms with E-state index in [0.717, 1.165) is 12.1 Å². The molecule has 1 aromatic carbocycles. The molecule has 0 aliphatic carbocycles. The van der Waals surface area contributed by atoms with E-state index in [9.17, 15) is 14.9 Å². The van der Waals surface area contributed by atoms with E-state index in [1.807, 2.05) is 13.8 Å². The number of hydrogen-bond donors (Lipinski definition) is 2. The molecule has 0 aromatic heterocycles. The SMILES string of the molecule is CC.O=C(O)c1cc(Cl)c(O)c([N+](=O)[O-])c1. The predicted octanol–water partition coefficient (Wildman–Crippen LogP) is 2.68. The van der Waals surface area contributed by atoms with E-state index in [-0.39, 0.29) is 10.6 Å². The van der Waals surface area contributed by atoms with Crippen molar-refractivity contribution < 1.29 is 19.9 Å². The lowest BCUT2D eigenvalue weighted by Gasteiger charge is -2.00. The molecule has 0 bridgehead atoms. The maximum Gasteiger partial charge on any atom is 0.335 e. The van der Waals surface area contributed by atoms with Crippen LogP contribution in [0.25, 0.3) is 0 Å². The average Bonchev–Trinajstić information content (AvgIpc) is 2.24. The zero-order chi connectivity index (χ0) is 12.9. The highest BCUT2D eigenvalue weighted by molar-refractivity contribution is 6.32. The molecule has 0 aliphatic rings. The van der Waals surface area contributed by atoms with Gasteiger partial charge >= 0.3 is 11.7 Å². The standard InChI is InChI=1S/C7H4ClNO5.C2H6/c8-4-1-3(7(11)12)2-5(6(4)10)9(13)14;1-2/h1-2,10H,(H,11,12);1-2H3. The van der Waals surface area contributed by atoms with Crippen LogP contribution in [0.4, 0.5) is 5.69 Å². The average molecular weight is 248 g/mol. The fraction of sp³-hybridized carbons (Fsp3) is 0.222. The Morgan fingerprint density at radius 2 is 1.94 bits per heavy atom. The molecule has 0 unspecified atom stereocenters. The number of hydrogen-bond acceptors (Lipinski definition) is 4. The molecule has 0 radical (unpaired) electrons. The van der Waals surface area contributed by atoms with Gasteiger partial charge in [-0.15, -0.1) is 0 Å². The van der Waals surface area contributed by atoms with Crippen molar-refractivity contribution in [2.24, 2.45) is 0 Å². The maximum atomic E-state index is 10.5. The summed E-state index contributed by atoms with van der Waals surface area (Å²) in [5.41, 5.74) is -1.07. The van der Waals surface area contributed by atoms with Crippen LogP contribution < -0.4 is 0 Å². The second-order valence-corrected chi connectivity index (χ2v) is 2.80. The van der Waals surface area contributed by atoms with Gasteiger partial charge in [-0.1, -0.05) is 25.4 Å². The van der Waals surface area contributed by atoms with Crippen LogP contribution in [-0.4, -0.2) is 21.1 Å². The van der Waals surface area contributed by atoms with Gasteiger partial charge in [0.2, 0.25) is 5.75 Å². The van der Waals surface area contributed by atoms with Crippen LogP contribution in [0.5, 0.6) is 5.75 Å². The van der Waals surface area contributed by atoms with Crippen LogP contribution in [0.15, 0.2) is 12.1 Å². The summed E-state index contributed by atoms with van der Waals surface area (Å²) in [6.07, 6.45) is 0. The molecule has 2 N–H and O–H groups in total. The van der Waals surface area contributed by atoms with E-state index in [2.05, 4.69) is 0 Å². The Kier molecular flexibility index (Phi) is 5.24. The summed E-state index contributed by atoms with van der Waals surface area (Å²) >= 11 is 5.39. The molecule has 1 rings (SSSR count). The van der Waals surface area contributed by atoms with Gasteiger partial charge in [0.25, 0.3) is 0 Å². The first-order valence-electron chi connectivity index (χ1n) is 4.33. The normalized spacial score (nSPS) is 8.94. The van der Waals surface area contributed by atoms with Crippen LogP contribution >= 0.6 is 11.6 Å². The number of rotatable bonds is 2. The number of nitro benzene ring substituents is 1. The summed E-state index contributed by atoms with van der Waals surface area (Å²) in [6.45, 7) is 4.00. The molecular formula is C9H10ClNO5. The molecule has 7 heteroatoms. The fourth-order valence-corrected chi connectivity index (χ4v) is 1.06. The second-order valence-electron chi connectivity index (χ2n) is 2.39. The van der Waals surface area contributed by atoms with Crippen LogP contribution in [0.2, 0.25) is 5.02 Å². The number of carbonyl (C=O) groups is 1. The number of aromatic hydroxyl groups is 1. The fourth-order valence-electron chi connectivity index (χ4n) is 0.847. The van der Waals surface area contributed by atoms with Crippen molar-refractivity contribution in [2.75, 3.05) is 0 Å². The zero-order valence-corrected chi connectivity index (χ0v) is 9.35. The molecule has 0 atom stereocenters. The second kappa shape index (κ2) is 5.92. The molecule has 0 saturated carbocycles. The zero-order valence-electron chi connectivity index (χ0n) is 8.60. The van der Waals surface area contributed by atoms with Gasteiger partial charge in [0.1, 0.15) is 0 Å². The molecule has 1 aromatic rings. The molecule has 0 saturated heterocycles. The molecular weight excluding hydrogens is 238 g/mol. The largest absolute Gasteiger partial charge is 0.501 e. The molecule has 0 spiro atoms. The van der Waals surface area contributed by atoms with Gasteiger partial charge < -0.3 is 10.2 Å². The summed E-state index contributed by atoms with van der Waals surface area (Å²) in [6, 6.07) is 1.68. The molecule has 0 heterocycles. The third-order valence-corrected chi connectivity index (χ3v) is 1.78. The van der Waals surface area contributed by atoms with Crippen LogP contribution in [-0.2, 0) is 0 Å².